The Morgan fingerprint density at radius 2 is 2.27 bits per heavy atom. The second-order valence-corrected chi connectivity index (χ2v) is 5.87. The summed E-state index contributed by atoms with van der Waals surface area (Å²) in [5.74, 6) is -0.0792. The van der Waals surface area contributed by atoms with Crippen molar-refractivity contribution in [2.45, 2.75) is 19.1 Å². The molecule has 0 fully saturated rings. The molecule has 1 aromatic rings. The first-order valence-electron chi connectivity index (χ1n) is 4.94. The number of halogens is 1. The standard InChI is InChI=1S/C11H15AsClNO/c1-3-6-14-11(15)9-5-4-8(12-2)7-10(9)13/h4-5,7,12H,3,6H2,1-2H3,(H,14,15). The first kappa shape index (κ1) is 12.6. The molecule has 0 aliphatic heterocycles. The number of rotatable bonds is 4. The average Bonchev–Trinajstić information content (AvgIpc) is 2.25. The molecule has 15 heavy (non-hydrogen) atoms. The first-order valence-corrected chi connectivity index (χ1v) is 8.47. The predicted molar refractivity (Wildman–Crippen MR) is 66.7 cm³/mol. The third kappa shape index (κ3) is 3.55. The van der Waals surface area contributed by atoms with E-state index in [0.717, 1.165) is 6.42 Å². The molecule has 1 amide bonds. The topological polar surface area (TPSA) is 29.1 Å². The summed E-state index contributed by atoms with van der Waals surface area (Å²) < 4.78 is 1.27. The Morgan fingerprint density at radius 3 is 2.80 bits per heavy atom. The van der Waals surface area contributed by atoms with Gasteiger partial charge in [-0.2, -0.15) is 0 Å². The van der Waals surface area contributed by atoms with Gasteiger partial charge in [-0.25, -0.2) is 0 Å². The van der Waals surface area contributed by atoms with Gasteiger partial charge in [0.1, 0.15) is 0 Å². The van der Waals surface area contributed by atoms with Crippen LogP contribution in [0.5, 0.6) is 0 Å². The third-order valence-corrected chi connectivity index (χ3v) is 4.21. The van der Waals surface area contributed by atoms with Crippen LogP contribution in [0.2, 0.25) is 10.7 Å². The molecule has 4 heteroatoms. The van der Waals surface area contributed by atoms with Gasteiger partial charge in [-0.1, -0.05) is 0 Å². The Labute approximate surface area is 102 Å². The Morgan fingerprint density at radius 1 is 1.53 bits per heavy atom. The van der Waals surface area contributed by atoms with Crippen molar-refractivity contribution in [3.63, 3.8) is 0 Å². The van der Waals surface area contributed by atoms with Gasteiger partial charge in [0.05, 0.1) is 0 Å². The number of benzene rings is 1. The van der Waals surface area contributed by atoms with E-state index in [0.29, 0.717) is 17.1 Å². The molecule has 0 heterocycles. The van der Waals surface area contributed by atoms with Gasteiger partial charge in [0.15, 0.2) is 0 Å². The summed E-state index contributed by atoms with van der Waals surface area (Å²) in [5, 5.41) is 3.38. The molecule has 0 radical (unpaired) electrons. The molecule has 0 spiro atoms. The van der Waals surface area contributed by atoms with Crippen molar-refractivity contribution in [2.75, 3.05) is 6.54 Å². The quantitative estimate of drug-likeness (QED) is 0.837. The van der Waals surface area contributed by atoms with Gasteiger partial charge in [0.2, 0.25) is 0 Å². The fourth-order valence-electron chi connectivity index (χ4n) is 1.19. The molecule has 1 rings (SSSR count). The van der Waals surface area contributed by atoms with Crippen LogP contribution in [0.1, 0.15) is 23.7 Å². The van der Waals surface area contributed by atoms with Crippen molar-refractivity contribution in [3.05, 3.63) is 28.8 Å². The van der Waals surface area contributed by atoms with Crippen LogP contribution in [0, 0.1) is 0 Å². The maximum atomic E-state index is 11.6. The van der Waals surface area contributed by atoms with Crippen molar-refractivity contribution in [3.8, 4) is 0 Å². The number of hydrogen-bond donors (Lipinski definition) is 1. The number of amides is 1. The maximum absolute atomic E-state index is 11.6. The molecular weight excluding hydrogens is 273 g/mol. The summed E-state index contributed by atoms with van der Waals surface area (Å²) >= 11 is 5.95. The zero-order valence-electron chi connectivity index (χ0n) is 8.93. The Bertz CT molecular complexity index is 354. The number of carbonyl (C=O) groups excluding carboxylic acids is 1. The molecule has 1 N–H and O–H groups in total. The molecule has 0 aliphatic carbocycles. The summed E-state index contributed by atoms with van der Waals surface area (Å²) in [7, 11) is 0. The van der Waals surface area contributed by atoms with Gasteiger partial charge in [0.25, 0.3) is 0 Å². The third-order valence-electron chi connectivity index (χ3n) is 2.04. The van der Waals surface area contributed by atoms with E-state index in [1.54, 1.807) is 0 Å². The summed E-state index contributed by atoms with van der Waals surface area (Å²) in [5.41, 5.74) is 2.76. The van der Waals surface area contributed by atoms with Crippen LogP contribution in [0.3, 0.4) is 0 Å². The zero-order chi connectivity index (χ0) is 11.3. The van der Waals surface area contributed by atoms with E-state index < -0.39 is 0 Å². The van der Waals surface area contributed by atoms with Crippen molar-refractivity contribution in [1.29, 1.82) is 0 Å². The van der Waals surface area contributed by atoms with Crippen LogP contribution in [0.15, 0.2) is 18.2 Å². The van der Waals surface area contributed by atoms with Gasteiger partial charge < -0.3 is 0 Å². The van der Waals surface area contributed by atoms with E-state index >= 15 is 0 Å². The summed E-state index contributed by atoms with van der Waals surface area (Å²) in [6.45, 7) is 2.71. The van der Waals surface area contributed by atoms with Crippen molar-refractivity contribution in [1.82, 2.24) is 5.32 Å². The van der Waals surface area contributed by atoms with E-state index in [1.807, 2.05) is 25.1 Å². The second-order valence-electron chi connectivity index (χ2n) is 3.20. The Kier molecular flexibility index (Phi) is 5.21. The summed E-state index contributed by atoms with van der Waals surface area (Å²) in [4.78, 5) is 11.6. The fraction of sp³-hybridized carbons (Fsp3) is 0.364. The minimum absolute atomic E-state index is 0.0792. The van der Waals surface area contributed by atoms with Crippen molar-refractivity contribution in [2.24, 2.45) is 0 Å². The van der Waals surface area contributed by atoms with Crippen molar-refractivity contribution >= 4 is 37.6 Å². The molecule has 82 valence electrons. The van der Waals surface area contributed by atoms with Gasteiger partial charge in [0, 0.05) is 0 Å². The molecule has 0 aliphatic rings. The average molecular weight is 288 g/mol. The van der Waals surface area contributed by atoms with Gasteiger partial charge >= 0.3 is 102 Å². The molecule has 0 saturated carbocycles. The van der Waals surface area contributed by atoms with E-state index in [-0.39, 0.29) is 21.7 Å². The Balaban J connectivity index is 2.81. The van der Waals surface area contributed by atoms with E-state index in [2.05, 4.69) is 11.0 Å². The number of nitrogens with one attached hydrogen (secondary N) is 1. The van der Waals surface area contributed by atoms with E-state index in [4.69, 9.17) is 11.6 Å². The monoisotopic (exact) mass is 287 g/mol. The zero-order valence-corrected chi connectivity index (χ0v) is 11.8. The minimum atomic E-state index is -0.0897. The molecule has 0 saturated heterocycles. The predicted octanol–water partition coefficient (Wildman–Crippen LogP) is 1.59. The molecule has 1 unspecified atom stereocenters. The van der Waals surface area contributed by atoms with E-state index in [9.17, 15) is 4.79 Å². The van der Waals surface area contributed by atoms with Crippen LogP contribution in [0.4, 0.5) is 0 Å². The first-order chi connectivity index (χ1) is 7.19. The molecule has 0 aromatic heterocycles. The van der Waals surface area contributed by atoms with E-state index in [1.165, 1.54) is 4.35 Å². The van der Waals surface area contributed by atoms with Crippen LogP contribution in [-0.4, -0.2) is 28.2 Å². The van der Waals surface area contributed by atoms with Gasteiger partial charge in [-0.05, 0) is 0 Å². The summed E-state index contributed by atoms with van der Waals surface area (Å²) in [6.07, 6.45) is 0.933. The van der Waals surface area contributed by atoms with Crippen molar-refractivity contribution < 1.29 is 4.79 Å². The normalized spacial score (nSPS) is 10.9. The number of hydrogen-bond acceptors (Lipinski definition) is 1. The SMILES string of the molecule is CCCNC(=O)c1ccc([AsH]C)cc1Cl. The van der Waals surface area contributed by atoms with Crippen LogP contribution >= 0.6 is 11.6 Å². The molecule has 1 aromatic carbocycles. The number of carbonyl (C=O) groups is 1. The fourth-order valence-corrected chi connectivity index (χ4v) is 2.78. The molecule has 1 atom stereocenters. The Hall–Kier alpha value is -0.462. The van der Waals surface area contributed by atoms with Gasteiger partial charge in [-0.15, -0.1) is 0 Å². The van der Waals surface area contributed by atoms with Crippen LogP contribution in [0.25, 0.3) is 0 Å². The molecule has 2 nitrogen and oxygen atoms in total. The van der Waals surface area contributed by atoms with Gasteiger partial charge in [-0.3, -0.25) is 0 Å². The van der Waals surface area contributed by atoms with Crippen LogP contribution in [-0.2, 0) is 0 Å². The summed E-state index contributed by atoms with van der Waals surface area (Å²) in [6, 6.07) is 5.71. The molecule has 0 bridgehead atoms. The molecular formula is C11H15AsClNO. The second kappa shape index (κ2) is 6.19. The van der Waals surface area contributed by atoms with Crippen LogP contribution < -0.4 is 9.67 Å².